The standard InChI is InChI=1S/C16H15N3O/c1-10-4-3-5-15(13(10)9-17)19-16(20)12-6-7-14(18)11(2)8-12/h3-8H,18H2,1-2H3,(H,19,20). The van der Waals surface area contributed by atoms with Gasteiger partial charge in [0, 0.05) is 11.3 Å². The average Bonchev–Trinajstić information content (AvgIpc) is 2.42. The summed E-state index contributed by atoms with van der Waals surface area (Å²) in [5, 5.41) is 11.9. The van der Waals surface area contributed by atoms with Gasteiger partial charge in [0.25, 0.3) is 5.91 Å². The van der Waals surface area contributed by atoms with Gasteiger partial charge in [0.2, 0.25) is 0 Å². The summed E-state index contributed by atoms with van der Waals surface area (Å²) >= 11 is 0. The Morgan fingerprint density at radius 1 is 1.20 bits per heavy atom. The van der Waals surface area contributed by atoms with Crippen molar-refractivity contribution in [2.75, 3.05) is 11.1 Å². The van der Waals surface area contributed by atoms with Crippen LogP contribution in [0.15, 0.2) is 36.4 Å². The molecule has 4 nitrogen and oxygen atoms in total. The Hall–Kier alpha value is -2.80. The maximum Gasteiger partial charge on any atom is 0.255 e. The third-order valence-electron chi connectivity index (χ3n) is 3.16. The lowest BCUT2D eigenvalue weighted by Gasteiger charge is -2.09. The predicted molar refractivity (Wildman–Crippen MR) is 79.4 cm³/mol. The molecular weight excluding hydrogens is 250 g/mol. The number of anilines is 2. The number of benzene rings is 2. The number of aryl methyl sites for hydroxylation is 2. The van der Waals surface area contributed by atoms with Crippen molar-refractivity contribution in [3.8, 4) is 6.07 Å². The highest BCUT2D eigenvalue weighted by molar-refractivity contribution is 6.05. The zero-order valence-electron chi connectivity index (χ0n) is 11.4. The van der Waals surface area contributed by atoms with Gasteiger partial charge in [0.15, 0.2) is 0 Å². The molecular formula is C16H15N3O. The van der Waals surface area contributed by atoms with Crippen LogP contribution in [0.3, 0.4) is 0 Å². The second-order valence-corrected chi connectivity index (χ2v) is 4.63. The fourth-order valence-electron chi connectivity index (χ4n) is 1.93. The molecule has 1 amide bonds. The van der Waals surface area contributed by atoms with Gasteiger partial charge in [-0.15, -0.1) is 0 Å². The Morgan fingerprint density at radius 2 is 1.95 bits per heavy atom. The summed E-state index contributed by atoms with van der Waals surface area (Å²) in [6, 6.07) is 12.6. The molecule has 0 unspecified atom stereocenters. The summed E-state index contributed by atoms with van der Waals surface area (Å²) in [6.07, 6.45) is 0. The summed E-state index contributed by atoms with van der Waals surface area (Å²) in [5.41, 5.74) is 9.58. The van der Waals surface area contributed by atoms with Crippen molar-refractivity contribution >= 4 is 17.3 Å². The first-order valence-corrected chi connectivity index (χ1v) is 6.20. The maximum absolute atomic E-state index is 12.2. The third-order valence-corrected chi connectivity index (χ3v) is 3.16. The second-order valence-electron chi connectivity index (χ2n) is 4.63. The Balaban J connectivity index is 2.31. The Morgan fingerprint density at radius 3 is 2.60 bits per heavy atom. The molecule has 2 aromatic rings. The zero-order chi connectivity index (χ0) is 14.7. The number of hydrogen-bond donors (Lipinski definition) is 2. The van der Waals surface area contributed by atoms with Gasteiger partial charge < -0.3 is 11.1 Å². The summed E-state index contributed by atoms with van der Waals surface area (Å²) in [5.74, 6) is -0.254. The number of nitriles is 1. The molecule has 0 aromatic heterocycles. The van der Waals surface area contributed by atoms with Gasteiger partial charge in [0.1, 0.15) is 6.07 Å². The predicted octanol–water partition coefficient (Wildman–Crippen LogP) is 3.01. The van der Waals surface area contributed by atoms with Crippen molar-refractivity contribution in [2.24, 2.45) is 0 Å². The molecule has 0 atom stereocenters. The fourth-order valence-corrected chi connectivity index (χ4v) is 1.93. The molecule has 100 valence electrons. The molecule has 0 heterocycles. The largest absolute Gasteiger partial charge is 0.399 e. The van der Waals surface area contributed by atoms with E-state index in [1.165, 1.54) is 0 Å². The van der Waals surface area contributed by atoms with E-state index in [0.717, 1.165) is 11.1 Å². The first-order chi connectivity index (χ1) is 9.52. The number of rotatable bonds is 2. The molecule has 20 heavy (non-hydrogen) atoms. The van der Waals surface area contributed by atoms with Gasteiger partial charge in [-0.3, -0.25) is 4.79 Å². The van der Waals surface area contributed by atoms with Crippen molar-refractivity contribution in [1.29, 1.82) is 5.26 Å². The highest BCUT2D eigenvalue weighted by atomic mass is 16.1. The van der Waals surface area contributed by atoms with E-state index in [1.807, 2.05) is 19.9 Å². The molecule has 0 saturated heterocycles. The molecule has 0 aliphatic carbocycles. The van der Waals surface area contributed by atoms with Gasteiger partial charge >= 0.3 is 0 Å². The Bertz CT molecular complexity index is 714. The Kier molecular flexibility index (Phi) is 3.72. The van der Waals surface area contributed by atoms with Crippen LogP contribution in [0.4, 0.5) is 11.4 Å². The molecule has 0 fully saturated rings. The van der Waals surface area contributed by atoms with E-state index in [2.05, 4.69) is 11.4 Å². The zero-order valence-corrected chi connectivity index (χ0v) is 11.4. The molecule has 4 heteroatoms. The molecule has 0 aliphatic rings. The molecule has 2 rings (SSSR count). The van der Waals surface area contributed by atoms with Crippen LogP contribution in [0.25, 0.3) is 0 Å². The lowest BCUT2D eigenvalue weighted by Crippen LogP contribution is -2.13. The van der Waals surface area contributed by atoms with Gasteiger partial charge in [-0.2, -0.15) is 5.26 Å². The smallest absolute Gasteiger partial charge is 0.255 e. The van der Waals surface area contributed by atoms with Crippen molar-refractivity contribution in [3.05, 3.63) is 58.7 Å². The molecule has 0 spiro atoms. The minimum Gasteiger partial charge on any atom is -0.399 e. The first-order valence-electron chi connectivity index (χ1n) is 6.20. The molecule has 3 N–H and O–H groups in total. The van der Waals surface area contributed by atoms with Gasteiger partial charge in [0.05, 0.1) is 11.3 Å². The van der Waals surface area contributed by atoms with Crippen molar-refractivity contribution in [1.82, 2.24) is 0 Å². The maximum atomic E-state index is 12.2. The number of carbonyl (C=O) groups is 1. The fraction of sp³-hybridized carbons (Fsp3) is 0.125. The number of nitrogens with zero attached hydrogens (tertiary/aromatic N) is 1. The van der Waals surface area contributed by atoms with Crippen LogP contribution in [0.5, 0.6) is 0 Å². The average molecular weight is 265 g/mol. The number of hydrogen-bond acceptors (Lipinski definition) is 3. The Labute approximate surface area is 117 Å². The van der Waals surface area contributed by atoms with Crippen molar-refractivity contribution in [3.63, 3.8) is 0 Å². The van der Waals surface area contributed by atoms with Crippen LogP contribution in [-0.4, -0.2) is 5.91 Å². The topological polar surface area (TPSA) is 78.9 Å². The summed E-state index contributed by atoms with van der Waals surface area (Å²) in [7, 11) is 0. The van der Waals surface area contributed by atoms with E-state index < -0.39 is 0 Å². The van der Waals surface area contributed by atoms with Crippen molar-refractivity contribution in [2.45, 2.75) is 13.8 Å². The van der Waals surface area contributed by atoms with Crippen LogP contribution < -0.4 is 11.1 Å². The van der Waals surface area contributed by atoms with E-state index in [1.54, 1.807) is 30.3 Å². The minimum absolute atomic E-state index is 0.254. The molecule has 0 saturated carbocycles. The van der Waals surface area contributed by atoms with E-state index in [0.29, 0.717) is 22.5 Å². The molecule has 2 aromatic carbocycles. The molecule has 0 bridgehead atoms. The van der Waals surface area contributed by atoms with E-state index in [-0.39, 0.29) is 5.91 Å². The van der Waals surface area contributed by atoms with E-state index >= 15 is 0 Å². The normalized spacial score (nSPS) is 9.85. The number of nitrogen functional groups attached to an aromatic ring is 1. The van der Waals surface area contributed by atoms with Crippen LogP contribution in [0.1, 0.15) is 27.0 Å². The number of amides is 1. The number of carbonyl (C=O) groups excluding carboxylic acids is 1. The van der Waals surface area contributed by atoms with Crippen molar-refractivity contribution < 1.29 is 4.79 Å². The SMILES string of the molecule is Cc1cc(C(=O)Nc2cccc(C)c2C#N)ccc1N. The van der Waals surface area contributed by atoms with Gasteiger partial charge in [-0.25, -0.2) is 0 Å². The minimum atomic E-state index is -0.254. The lowest BCUT2D eigenvalue weighted by atomic mass is 10.1. The van der Waals surface area contributed by atoms with E-state index in [4.69, 9.17) is 11.0 Å². The van der Waals surface area contributed by atoms with Crippen LogP contribution >= 0.6 is 0 Å². The highest BCUT2D eigenvalue weighted by Crippen LogP contribution is 2.20. The van der Waals surface area contributed by atoms with Crippen LogP contribution in [-0.2, 0) is 0 Å². The monoisotopic (exact) mass is 265 g/mol. The van der Waals surface area contributed by atoms with Crippen LogP contribution in [0.2, 0.25) is 0 Å². The highest BCUT2D eigenvalue weighted by Gasteiger charge is 2.11. The second kappa shape index (κ2) is 5.45. The van der Waals surface area contributed by atoms with E-state index in [9.17, 15) is 4.79 Å². The first kappa shape index (κ1) is 13.6. The number of nitrogens with one attached hydrogen (secondary N) is 1. The van der Waals surface area contributed by atoms with Gasteiger partial charge in [-0.05, 0) is 49.2 Å². The molecule has 0 aliphatic heterocycles. The number of nitrogens with two attached hydrogens (primary N) is 1. The summed E-state index contributed by atoms with van der Waals surface area (Å²) < 4.78 is 0. The lowest BCUT2D eigenvalue weighted by molar-refractivity contribution is 0.102. The van der Waals surface area contributed by atoms with Gasteiger partial charge in [-0.1, -0.05) is 12.1 Å². The summed E-state index contributed by atoms with van der Waals surface area (Å²) in [6.45, 7) is 3.68. The molecule has 0 radical (unpaired) electrons. The summed E-state index contributed by atoms with van der Waals surface area (Å²) in [4.78, 5) is 12.2. The third kappa shape index (κ3) is 2.62. The quantitative estimate of drug-likeness (QED) is 0.819. The van der Waals surface area contributed by atoms with Crippen LogP contribution in [0, 0.1) is 25.2 Å².